The number of imidazole rings is 1. The Labute approximate surface area is 326 Å². The molecular formula is C37H44N8O12. The highest BCUT2D eigenvalue weighted by molar-refractivity contribution is 5.91. The molecule has 5 N–H and O–H groups in total. The van der Waals surface area contributed by atoms with Crippen LogP contribution in [0.2, 0.25) is 0 Å². The van der Waals surface area contributed by atoms with Crippen LogP contribution < -0.4 is 4.74 Å². The smallest absolute Gasteiger partial charge is 0.434 e. The van der Waals surface area contributed by atoms with Crippen LogP contribution >= 0.6 is 0 Å². The lowest BCUT2D eigenvalue weighted by Crippen LogP contribution is -2.24. The van der Waals surface area contributed by atoms with E-state index in [1.54, 1.807) is 36.6 Å². The van der Waals surface area contributed by atoms with Crippen LogP contribution in [0.15, 0.2) is 72.8 Å². The van der Waals surface area contributed by atoms with Gasteiger partial charge in [0.2, 0.25) is 12.6 Å². The normalized spacial score (nSPS) is 11.7. The molecule has 57 heavy (non-hydrogen) atoms. The Bertz CT molecular complexity index is 2080. The van der Waals surface area contributed by atoms with Gasteiger partial charge >= 0.3 is 12.1 Å². The number of benzene rings is 3. The fraction of sp³-hybridized carbons (Fsp3) is 0.351. The zero-order valence-corrected chi connectivity index (χ0v) is 31.5. The first-order valence-corrected chi connectivity index (χ1v) is 17.8. The molecule has 3 aromatic carbocycles. The van der Waals surface area contributed by atoms with Crippen molar-refractivity contribution in [1.82, 2.24) is 40.5 Å². The van der Waals surface area contributed by atoms with Crippen LogP contribution in [-0.4, -0.2) is 91.8 Å². The monoisotopic (exact) mass is 792 g/mol. The average Bonchev–Trinajstić information content (AvgIpc) is 3.80. The minimum absolute atomic E-state index is 0.0215. The maximum absolute atomic E-state index is 13.9. The number of rotatable bonds is 20. The maximum Gasteiger partial charge on any atom is 0.510 e. The van der Waals surface area contributed by atoms with Crippen molar-refractivity contribution in [2.75, 3.05) is 13.2 Å². The average molecular weight is 793 g/mol. The summed E-state index contributed by atoms with van der Waals surface area (Å²) in [5.41, 5.74) is 2.44. The number of hydrogen-bond donors (Lipinski definition) is 5. The van der Waals surface area contributed by atoms with Gasteiger partial charge in [-0.1, -0.05) is 67.6 Å². The van der Waals surface area contributed by atoms with Gasteiger partial charge < -0.3 is 23.9 Å². The Balaban J connectivity index is 1.31. The van der Waals surface area contributed by atoms with E-state index in [0.717, 1.165) is 27.9 Å². The summed E-state index contributed by atoms with van der Waals surface area (Å²) in [6, 6.07) is 21.5. The largest absolute Gasteiger partial charge is 0.510 e. The van der Waals surface area contributed by atoms with Crippen LogP contribution in [0.3, 0.4) is 0 Å². The lowest BCUT2D eigenvalue weighted by Gasteiger charge is -2.18. The number of carbonyl (C=O) groups excluding carboxylic acids is 2. The van der Waals surface area contributed by atoms with Crippen LogP contribution in [0.25, 0.3) is 22.5 Å². The van der Waals surface area contributed by atoms with Crippen molar-refractivity contribution < 1.29 is 59.4 Å². The lowest BCUT2D eigenvalue weighted by atomic mass is 9.98. The highest BCUT2D eigenvalue weighted by Gasteiger charge is 2.33. The number of aryl methyl sites for hydroxylation is 1. The van der Waals surface area contributed by atoms with Gasteiger partial charge in [-0.15, -0.1) is 15.0 Å². The Morgan fingerprint density at radius 3 is 2.26 bits per heavy atom. The van der Waals surface area contributed by atoms with Crippen molar-refractivity contribution in [1.29, 1.82) is 0 Å². The van der Waals surface area contributed by atoms with Gasteiger partial charge in [0.15, 0.2) is 5.69 Å². The number of hydrogen-bond acceptors (Lipinski definition) is 18. The summed E-state index contributed by atoms with van der Waals surface area (Å²) in [4.78, 5) is 40.8. The zero-order chi connectivity index (χ0) is 41.0. The molecule has 0 atom stereocenters. The molecule has 0 saturated heterocycles. The fourth-order valence-electron chi connectivity index (χ4n) is 5.67. The SMILES string of the molecule is CCCc1nc(C(C)(C)O)c(C(=O)Oc2cccc(CON(O)O)c2)n1Cc1ccc(-c2ccccc2-c2nnn(COC(=O)OCCCCON(O)O)n2)cc1. The molecule has 2 aromatic heterocycles. The molecule has 0 radical (unpaired) electrons. The number of aromatic nitrogens is 6. The molecule has 0 aliphatic rings. The summed E-state index contributed by atoms with van der Waals surface area (Å²) in [5, 5.41) is 57.6. The Kier molecular flexibility index (Phi) is 14.9. The Morgan fingerprint density at radius 1 is 0.842 bits per heavy atom. The first kappa shape index (κ1) is 42.5. The Hall–Kier alpha value is -5.68. The Morgan fingerprint density at radius 2 is 1.56 bits per heavy atom. The highest BCUT2D eigenvalue weighted by Crippen LogP contribution is 2.31. The zero-order valence-electron chi connectivity index (χ0n) is 31.5. The molecule has 2 heterocycles. The van der Waals surface area contributed by atoms with Crippen molar-refractivity contribution in [3.05, 3.63) is 101 Å². The molecule has 0 fully saturated rings. The number of unbranched alkanes of at least 4 members (excludes halogenated alkanes) is 1. The molecule has 0 unspecified atom stereocenters. The van der Waals surface area contributed by atoms with E-state index in [2.05, 4.69) is 25.1 Å². The predicted octanol–water partition coefficient (Wildman–Crippen LogP) is 5.07. The number of carbonyl (C=O) groups is 2. The maximum atomic E-state index is 13.9. The molecular weight excluding hydrogens is 748 g/mol. The van der Waals surface area contributed by atoms with Crippen molar-refractivity contribution >= 4 is 12.1 Å². The topological polar surface area (TPSA) is 249 Å². The number of tetrazole rings is 1. The van der Waals surface area contributed by atoms with E-state index in [1.807, 2.05) is 55.5 Å². The molecule has 0 amide bonds. The van der Waals surface area contributed by atoms with Crippen LogP contribution in [-0.2, 0) is 51.1 Å². The van der Waals surface area contributed by atoms with Gasteiger partial charge in [-0.05, 0) is 72.7 Å². The van der Waals surface area contributed by atoms with Gasteiger partial charge in [0.05, 0.1) is 30.6 Å². The number of aliphatic hydroxyl groups is 1. The van der Waals surface area contributed by atoms with E-state index in [9.17, 15) is 14.7 Å². The van der Waals surface area contributed by atoms with E-state index in [-0.39, 0.29) is 55.6 Å². The van der Waals surface area contributed by atoms with Gasteiger partial charge in [0.1, 0.15) is 22.9 Å². The van der Waals surface area contributed by atoms with E-state index >= 15 is 0 Å². The molecule has 5 rings (SSSR count). The van der Waals surface area contributed by atoms with Gasteiger partial charge in [0.25, 0.3) is 0 Å². The molecule has 304 valence electrons. The molecule has 0 aliphatic carbocycles. The second-order valence-electron chi connectivity index (χ2n) is 13.1. The summed E-state index contributed by atoms with van der Waals surface area (Å²) < 4.78 is 17.6. The third-order valence-corrected chi connectivity index (χ3v) is 8.24. The van der Waals surface area contributed by atoms with Gasteiger partial charge in [-0.25, -0.2) is 19.4 Å². The highest BCUT2D eigenvalue weighted by atomic mass is 17.1. The second-order valence-corrected chi connectivity index (χ2v) is 13.1. The van der Waals surface area contributed by atoms with Gasteiger partial charge in [-0.3, -0.25) is 25.7 Å². The van der Waals surface area contributed by atoms with Crippen molar-refractivity contribution in [2.24, 2.45) is 0 Å². The van der Waals surface area contributed by atoms with Crippen molar-refractivity contribution in [3.63, 3.8) is 0 Å². The molecule has 0 aliphatic heterocycles. The van der Waals surface area contributed by atoms with E-state index < -0.39 is 23.1 Å². The van der Waals surface area contributed by atoms with Crippen LogP contribution in [0, 0.1) is 0 Å². The molecule has 0 saturated carbocycles. The fourth-order valence-corrected chi connectivity index (χ4v) is 5.67. The molecule has 5 aromatic rings. The van der Waals surface area contributed by atoms with E-state index in [1.165, 1.54) is 6.07 Å². The molecule has 0 spiro atoms. The first-order valence-electron chi connectivity index (χ1n) is 17.8. The van der Waals surface area contributed by atoms with Gasteiger partial charge in [0, 0.05) is 18.5 Å². The minimum Gasteiger partial charge on any atom is -0.434 e. The third kappa shape index (κ3) is 12.2. The second kappa shape index (κ2) is 20.0. The van der Waals surface area contributed by atoms with Crippen molar-refractivity contribution in [3.8, 4) is 28.3 Å². The van der Waals surface area contributed by atoms with E-state index in [0.29, 0.717) is 42.0 Å². The summed E-state index contributed by atoms with van der Waals surface area (Å²) in [6.07, 6.45) is 1.13. The molecule has 0 bridgehead atoms. The number of esters is 1. The van der Waals surface area contributed by atoms with Gasteiger partial charge in [-0.2, -0.15) is 0 Å². The standard InChI is InChI=1S/C37H44N8O12/c1-4-10-31-38-33(37(2,3)48)32(35(46)57-28-12-9-11-26(21-28)23-56-45(51)52)42(31)22-25-15-17-27(18-16-25)29-13-5-6-14-30(29)34-39-41-43(40-34)24-54-36(47)53-19-7-8-20-55-44(49)50/h5-6,9,11-18,21,48-52H,4,7-8,10,19-20,22-24H2,1-3H3. The lowest BCUT2D eigenvalue weighted by molar-refractivity contribution is -0.497. The minimum atomic E-state index is -1.48. The predicted molar refractivity (Wildman–Crippen MR) is 194 cm³/mol. The summed E-state index contributed by atoms with van der Waals surface area (Å²) in [7, 11) is 0. The first-order chi connectivity index (χ1) is 27.3. The van der Waals surface area contributed by atoms with Crippen LogP contribution in [0.4, 0.5) is 4.79 Å². The molecule has 20 heteroatoms. The van der Waals surface area contributed by atoms with Crippen LogP contribution in [0.5, 0.6) is 5.75 Å². The summed E-state index contributed by atoms with van der Waals surface area (Å²) in [6.45, 7) is 4.84. The quantitative estimate of drug-likeness (QED) is 0.0299. The number of nitrogens with zero attached hydrogens (tertiary/aromatic N) is 8. The van der Waals surface area contributed by atoms with Crippen LogP contribution in [0.1, 0.15) is 73.2 Å². The summed E-state index contributed by atoms with van der Waals surface area (Å²) in [5.74, 6) is 0.333. The third-order valence-electron chi connectivity index (χ3n) is 8.24. The summed E-state index contributed by atoms with van der Waals surface area (Å²) >= 11 is 0. The molecule has 20 nitrogen and oxygen atoms in total. The van der Waals surface area contributed by atoms with Crippen molar-refractivity contribution in [2.45, 2.75) is 71.9 Å². The van der Waals surface area contributed by atoms with E-state index in [4.69, 9.17) is 40.0 Å². The number of ether oxygens (including phenoxy) is 3.